The van der Waals surface area contributed by atoms with E-state index in [1.165, 1.54) is 0 Å². The van der Waals surface area contributed by atoms with Gasteiger partial charge in [-0.15, -0.1) is 0 Å². The zero-order valence-corrected chi connectivity index (χ0v) is 8.20. The second-order valence-corrected chi connectivity index (χ2v) is 1.34. The minimum atomic E-state index is -5.39. The van der Waals surface area contributed by atoms with Crippen LogP contribution < -0.4 is 14.7 Å². The molecule has 86 valence electrons. The third kappa shape index (κ3) is 439. The van der Waals surface area contributed by atoms with Gasteiger partial charge in [0.2, 0.25) is 0 Å². The fraction of sp³-hybridized carbons (Fsp3) is 0. The van der Waals surface area contributed by atoms with Gasteiger partial charge >= 0.3 is 51.2 Å². The first-order chi connectivity index (χ1) is 2.00. The molecule has 0 aliphatic heterocycles. The van der Waals surface area contributed by atoms with Crippen molar-refractivity contribution in [1.82, 2.24) is 0 Å². The van der Waals surface area contributed by atoms with Gasteiger partial charge in [-0.05, 0) is 0 Å². The summed E-state index contributed by atoms with van der Waals surface area (Å²) in [5.74, 6) is 0. The second kappa shape index (κ2) is 22.6. The summed E-state index contributed by atoms with van der Waals surface area (Å²) in [5.41, 5.74) is 0. The Balaban J connectivity index is -0.00000000533. The molecular weight excluding hydrogens is 334 g/mol. The Morgan fingerprint density at radius 1 is 0.727 bits per heavy atom. The van der Waals surface area contributed by atoms with Crippen molar-refractivity contribution < 1.29 is 86.9 Å². The maximum atomic E-state index is 8.55. The molecule has 0 bridgehead atoms. The molecule has 0 atom stereocenters. The first-order valence-electron chi connectivity index (χ1n) is 0.730. The quantitative estimate of drug-likeness (QED) is 0.316. The molecule has 0 aliphatic rings. The summed E-state index contributed by atoms with van der Waals surface area (Å²) in [5, 5.41) is 0. The van der Waals surface area contributed by atoms with Gasteiger partial charge in [0.15, 0.2) is 0 Å². The van der Waals surface area contributed by atoms with Crippen LogP contribution in [0.4, 0.5) is 0 Å². The van der Waals surface area contributed by atoms with Crippen LogP contribution in [0.25, 0.3) is 0 Å². The molecule has 0 saturated carbocycles. The van der Waals surface area contributed by atoms with Gasteiger partial charge in [0, 0.05) is 0 Å². The molecule has 7 nitrogen and oxygen atoms in total. The largest absolute Gasteiger partial charge is 1.00 e. The van der Waals surface area contributed by atoms with E-state index in [-0.39, 0.29) is 67.6 Å². The van der Waals surface area contributed by atoms with Crippen molar-refractivity contribution in [1.29, 1.82) is 0 Å². The maximum absolute atomic E-state index is 8.55. The minimum Gasteiger partial charge on any atom is -0.822 e. The summed E-state index contributed by atoms with van der Waals surface area (Å²) in [7, 11) is -5.39. The van der Waals surface area contributed by atoms with E-state index in [0.29, 0.717) is 0 Å². The topological polar surface area (TPSA) is 181 Å². The molecule has 0 aliphatic carbocycles. The van der Waals surface area contributed by atoms with Crippen molar-refractivity contribution in [3.05, 3.63) is 0 Å². The fourth-order valence-corrected chi connectivity index (χ4v) is 0. The van der Waals surface area contributed by atoms with Crippen LogP contribution in [-0.2, 0) is 55.8 Å². The van der Waals surface area contributed by atoms with E-state index in [4.69, 9.17) is 19.2 Å². The van der Waals surface area contributed by atoms with E-state index in [2.05, 4.69) is 0 Å². The molecule has 0 radical (unpaired) electrons. The molecule has 0 rings (SSSR count). The molecule has 0 aromatic rings. The minimum absolute atomic E-state index is 0. The molecule has 6 N–H and O–H groups in total. The molecule has 0 aromatic heterocycles. The van der Waals surface area contributed by atoms with Gasteiger partial charge in [-0.1, -0.05) is 0 Å². The summed E-state index contributed by atoms with van der Waals surface area (Å²) in [4.78, 5) is 25.6. The van der Waals surface area contributed by atoms with Gasteiger partial charge in [0.05, 0.1) is 0 Å². The first kappa shape index (κ1) is 54.4. The second-order valence-electron chi connectivity index (χ2n) is 0.447. The zero-order chi connectivity index (χ0) is 4.50. The Morgan fingerprint density at radius 2 is 0.727 bits per heavy atom. The van der Waals surface area contributed by atoms with Crippen LogP contribution in [0.3, 0.4) is 0 Å². The van der Waals surface area contributed by atoms with E-state index < -0.39 is 7.82 Å². The normalized spacial score (nSPS) is 5.36. The Bertz CT molecular complexity index is 59.8. The van der Waals surface area contributed by atoms with Crippen LogP contribution in [0.2, 0.25) is 0 Å². The Morgan fingerprint density at radius 3 is 0.727 bits per heavy atom. The van der Waals surface area contributed by atoms with Gasteiger partial charge in [-0.3, -0.25) is 0 Å². The van der Waals surface area contributed by atoms with Crippen LogP contribution in [0, 0.1) is 0 Å². The predicted octanol–water partition coefficient (Wildman–Crippen LogP) is -5.31. The van der Waals surface area contributed by atoms with Crippen LogP contribution in [0.15, 0.2) is 0 Å². The molecule has 11 heavy (non-hydrogen) atoms. The van der Waals surface area contributed by atoms with Crippen molar-refractivity contribution in [2.24, 2.45) is 0 Å². The SMILES string of the molecule is O.O.O.O=P([O-])([O-])[O-].[Cu+].[Cu+].[Cu+]. The molecule has 0 heterocycles. The van der Waals surface area contributed by atoms with Crippen molar-refractivity contribution in [2.75, 3.05) is 0 Å². The van der Waals surface area contributed by atoms with E-state index in [1.807, 2.05) is 0 Å². The van der Waals surface area contributed by atoms with Gasteiger partial charge in [-0.25, -0.2) is 0 Å². The Kier molecular flexibility index (Phi) is 111. The van der Waals surface area contributed by atoms with Crippen LogP contribution >= 0.6 is 7.82 Å². The maximum Gasteiger partial charge on any atom is 1.00 e. The van der Waals surface area contributed by atoms with E-state index in [0.717, 1.165) is 0 Å². The third-order valence-electron chi connectivity index (χ3n) is 0. The standard InChI is InChI=1S/3Cu.H3O4P.3H2O/c;;;1-5(2,3)4;;;/h;;;(H3,1,2,3,4);3*1H2/q3*+1;;;;/p-3. The third-order valence-corrected chi connectivity index (χ3v) is 0. The van der Waals surface area contributed by atoms with Crippen molar-refractivity contribution >= 4 is 7.82 Å². The van der Waals surface area contributed by atoms with E-state index >= 15 is 0 Å². The molecule has 0 aromatic carbocycles. The van der Waals surface area contributed by atoms with Crippen LogP contribution in [0.1, 0.15) is 0 Å². The number of phosphoric acid groups is 1. The summed E-state index contributed by atoms with van der Waals surface area (Å²) in [6, 6.07) is 0. The molecule has 0 fully saturated rings. The van der Waals surface area contributed by atoms with Crippen molar-refractivity contribution in [3.63, 3.8) is 0 Å². The van der Waals surface area contributed by atoms with Crippen LogP contribution in [-0.4, -0.2) is 16.4 Å². The van der Waals surface area contributed by atoms with Crippen molar-refractivity contribution in [2.45, 2.75) is 0 Å². The first-order valence-corrected chi connectivity index (χ1v) is 2.19. The van der Waals surface area contributed by atoms with Gasteiger partial charge < -0.3 is 35.7 Å². The summed E-state index contributed by atoms with van der Waals surface area (Å²) >= 11 is 0. The smallest absolute Gasteiger partial charge is 0.822 e. The molecule has 11 heteroatoms. The summed E-state index contributed by atoms with van der Waals surface area (Å²) in [6.45, 7) is 0. The number of rotatable bonds is 0. The van der Waals surface area contributed by atoms with Gasteiger partial charge in [0.1, 0.15) is 0 Å². The molecule has 0 unspecified atom stereocenters. The average Bonchev–Trinajstić information content (AvgIpc) is 0.722. The molecule has 0 saturated heterocycles. The Hall–Kier alpha value is 1.55. The molecule has 0 spiro atoms. The van der Waals surface area contributed by atoms with Gasteiger partial charge in [-0.2, -0.15) is 7.82 Å². The van der Waals surface area contributed by atoms with Crippen LogP contribution in [0.5, 0.6) is 0 Å². The van der Waals surface area contributed by atoms with Gasteiger partial charge in [0.25, 0.3) is 0 Å². The number of hydrogen-bond donors (Lipinski definition) is 0. The van der Waals surface area contributed by atoms with E-state index in [9.17, 15) is 0 Å². The average molecular weight is 340 g/mol. The predicted molar refractivity (Wildman–Crippen MR) is 18.4 cm³/mol. The monoisotopic (exact) mass is 338 g/mol. The van der Waals surface area contributed by atoms with Crippen molar-refractivity contribution in [3.8, 4) is 0 Å². The molecule has 0 amide bonds. The summed E-state index contributed by atoms with van der Waals surface area (Å²) in [6.07, 6.45) is 0. The Labute approximate surface area is 94.5 Å². The molecular formula is H6Cu3O7P. The fourth-order valence-electron chi connectivity index (χ4n) is 0. The zero-order valence-electron chi connectivity index (χ0n) is 4.48. The summed E-state index contributed by atoms with van der Waals surface area (Å²) < 4.78 is 8.55. The number of hydrogen-bond acceptors (Lipinski definition) is 4. The van der Waals surface area contributed by atoms with E-state index in [1.54, 1.807) is 0 Å².